The van der Waals surface area contributed by atoms with Crippen molar-refractivity contribution in [3.63, 3.8) is 0 Å². The molecule has 1 saturated heterocycles. The number of pyridine rings is 1. The number of nitrogens with zero attached hydrogens (tertiary/aromatic N) is 1. The third kappa shape index (κ3) is 2.65. The lowest BCUT2D eigenvalue weighted by molar-refractivity contribution is 0.161. The molecule has 2 rings (SSSR count). The van der Waals surface area contributed by atoms with Crippen molar-refractivity contribution in [2.45, 2.75) is 18.9 Å². The molecular weight excluding hydrogens is 272 g/mol. The molecule has 5 heteroatoms. The molecule has 2 heterocycles. The first-order valence-corrected chi connectivity index (χ1v) is 6.19. The smallest absolute Gasteiger partial charge is 0.254 e. The molecule has 0 amide bonds. The average molecular weight is 287 g/mol. The standard InChI is InChI=1S/C11H15BrN2O2/c1-14-7-9(12)10(6-11(14)15)16-8-2-4-13-5-3-8/h6-8,13H,2-5H2,1H3. The Morgan fingerprint density at radius 3 is 2.88 bits per heavy atom. The summed E-state index contributed by atoms with van der Waals surface area (Å²) >= 11 is 3.41. The predicted molar refractivity (Wildman–Crippen MR) is 65.9 cm³/mol. The predicted octanol–water partition coefficient (Wildman–Crippen LogP) is 1.28. The van der Waals surface area contributed by atoms with Gasteiger partial charge in [0, 0.05) is 19.3 Å². The lowest BCUT2D eigenvalue weighted by Gasteiger charge is -2.24. The zero-order chi connectivity index (χ0) is 11.5. The van der Waals surface area contributed by atoms with Gasteiger partial charge in [0.25, 0.3) is 5.56 Å². The summed E-state index contributed by atoms with van der Waals surface area (Å²) in [4.78, 5) is 11.5. The highest BCUT2D eigenvalue weighted by atomic mass is 79.9. The molecule has 1 N–H and O–H groups in total. The van der Waals surface area contributed by atoms with Crippen LogP contribution in [0.1, 0.15) is 12.8 Å². The summed E-state index contributed by atoms with van der Waals surface area (Å²) in [5.74, 6) is 0.648. The lowest BCUT2D eigenvalue weighted by Crippen LogP contribution is -2.34. The van der Waals surface area contributed by atoms with E-state index in [2.05, 4.69) is 21.2 Å². The maximum Gasteiger partial charge on any atom is 0.254 e. The molecule has 1 aromatic rings. The monoisotopic (exact) mass is 286 g/mol. The second-order valence-corrected chi connectivity index (χ2v) is 4.86. The van der Waals surface area contributed by atoms with Gasteiger partial charge in [0.15, 0.2) is 0 Å². The molecule has 1 aromatic heterocycles. The summed E-state index contributed by atoms with van der Waals surface area (Å²) in [5, 5.41) is 3.28. The van der Waals surface area contributed by atoms with Crippen LogP contribution in [0, 0.1) is 0 Å². The van der Waals surface area contributed by atoms with Gasteiger partial charge in [-0.05, 0) is 41.9 Å². The second-order valence-electron chi connectivity index (χ2n) is 4.00. The van der Waals surface area contributed by atoms with E-state index in [1.165, 1.54) is 10.6 Å². The summed E-state index contributed by atoms with van der Waals surface area (Å²) < 4.78 is 8.18. The number of halogens is 1. The maximum absolute atomic E-state index is 11.5. The molecule has 1 aliphatic rings. The van der Waals surface area contributed by atoms with Crippen molar-refractivity contribution in [2.75, 3.05) is 13.1 Å². The molecule has 0 spiro atoms. The van der Waals surface area contributed by atoms with Crippen LogP contribution in [0.15, 0.2) is 21.5 Å². The summed E-state index contributed by atoms with van der Waals surface area (Å²) in [6.07, 6.45) is 3.92. The minimum atomic E-state index is -0.0489. The summed E-state index contributed by atoms with van der Waals surface area (Å²) in [6, 6.07) is 1.53. The minimum absolute atomic E-state index is 0.0489. The van der Waals surface area contributed by atoms with Crippen LogP contribution in [0.5, 0.6) is 5.75 Å². The van der Waals surface area contributed by atoms with Gasteiger partial charge in [-0.2, -0.15) is 0 Å². The third-order valence-electron chi connectivity index (χ3n) is 2.72. The van der Waals surface area contributed by atoms with E-state index in [-0.39, 0.29) is 11.7 Å². The number of hydrogen-bond donors (Lipinski definition) is 1. The molecule has 0 radical (unpaired) electrons. The second kappa shape index (κ2) is 5.01. The van der Waals surface area contributed by atoms with E-state index < -0.39 is 0 Å². The van der Waals surface area contributed by atoms with Crippen molar-refractivity contribution in [2.24, 2.45) is 7.05 Å². The van der Waals surface area contributed by atoms with E-state index >= 15 is 0 Å². The van der Waals surface area contributed by atoms with E-state index in [9.17, 15) is 4.79 Å². The van der Waals surface area contributed by atoms with Gasteiger partial charge in [-0.3, -0.25) is 4.79 Å². The van der Waals surface area contributed by atoms with Crippen LogP contribution in [0.3, 0.4) is 0 Å². The Bertz CT molecular complexity index is 424. The Labute approximate surface area is 103 Å². The van der Waals surface area contributed by atoms with Gasteiger partial charge in [-0.1, -0.05) is 0 Å². The highest BCUT2D eigenvalue weighted by molar-refractivity contribution is 9.10. The lowest BCUT2D eigenvalue weighted by atomic mass is 10.1. The van der Waals surface area contributed by atoms with Crippen molar-refractivity contribution < 1.29 is 4.74 Å². The van der Waals surface area contributed by atoms with E-state index in [0.717, 1.165) is 30.4 Å². The average Bonchev–Trinajstić information content (AvgIpc) is 2.27. The van der Waals surface area contributed by atoms with Crippen LogP contribution in [0.25, 0.3) is 0 Å². The number of aryl methyl sites for hydroxylation is 1. The van der Waals surface area contributed by atoms with Crippen molar-refractivity contribution >= 4 is 15.9 Å². The van der Waals surface area contributed by atoms with Gasteiger partial charge >= 0.3 is 0 Å². The summed E-state index contributed by atoms with van der Waals surface area (Å²) in [6.45, 7) is 1.96. The molecular formula is C11H15BrN2O2. The third-order valence-corrected chi connectivity index (χ3v) is 3.32. The van der Waals surface area contributed by atoms with Crippen LogP contribution in [-0.2, 0) is 7.05 Å². The Morgan fingerprint density at radius 2 is 2.19 bits per heavy atom. The normalized spacial score (nSPS) is 17.4. The van der Waals surface area contributed by atoms with Crippen molar-refractivity contribution in [1.82, 2.24) is 9.88 Å². The molecule has 0 aromatic carbocycles. The molecule has 1 aliphatic heterocycles. The van der Waals surface area contributed by atoms with E-state index in [4.69, 9.17) is 4.74 Å². The van der Waals surface area contributed by atoms with E-state index in [1.807, 2.05) is 0 Å². The van der Waals surface area contributed by atoms with Crippen molar-refractivity contribution in [3.8, 4) is 5.75 Å². The highest BCUT2D eigenvalue weighted by Crippen LogP contribution is 2.24. The van der Waals surface area contributed by atoms with Gasteiger partial charge < -0.3 is 14.6 Å². The molecule has 88 valence electrons. The van der Waals surface area contributed by atoms with E-state index in [0.29, 0.717) is 5.75 Å². The number of aromatic nitrogens is 1. The fourth-order valence-corrected chi connectivity index (χ4v) is 2.28. The zero-order valence-corrected chi connectivity index (χ0v) is 10.8. The minimum Gasteiger partial charge on any atom is -0.489 e. The Balaban J connectivity index is 2.14. The number of nitrogens with one attached hydrogen (secondary N) is 1. The quantitative estimate of drug-likeness (QED) is 0.891. The summed E-state index contributed by atoms with van der Waals surface area (Å²) in [7, 11) is 1.72. The van der Waals surface area contributed by atoms with Crippen LogP contribution >= 0.6 is 15.9 Å². The van der Waals surface area contributed by atoms with Gasteiger partial charge in [-0.25, -0.2) is 0 Å². The molecule has 0 saturated carbocycles. The van der Waals surface area contributed by atoms with Gasteiger partial charge in [0.1, 0.15) is 11.9 Å². The van der Waals surface area contributed by atoms with Crippen LogP contribution in [-0.4, -0.2) is 23.8 Å². The first-order chi connectivity index (χ1) is 7.66. The number of piperidine rings is 1. The van der Waals surface area contributed by atoms with Gasteiger partial charge in [0.2, 0.25) is 0 Å². The molecule has 4 nitrogen and oxygen atoms in total. The van der Waals surface area contributed by atoms with Gasteiger partial charge in [0.05, 0.1) is 4.47 Å². The highest BCUT2D eigenvalue weighted by Gasteiger charge is 2.16. The number of rotatable bonds is 2. The molecule has 0 aliphatic carbocycles. The largest absolute Gasteiger partial charge is 0.489 e. The van der Waals surface area contributed by atoms with Crippen LogP contribution in [0.4, 0.5) is 0 Å². The van der Waals surface area contributed by atoms with E-state index in [1.54, 1.807) is 13.2 Å². The molecule has 0 bridgehead atoms. The molecule has 0 atom stereocenters. The maximum atomic E-state index is 11.5. The summed E-state index contributed by atoms with van der Waals surface area (Å²) in [5.41, 5.74) is -0.0489. The first kappa shape index (κ1) is 11.7. The number of hydrogen-bond acceptors (Lipinski definition) is 3. The molecule has 1 fully saturated rings. The van der Waals surface area contributed by atoms with Crippen molar-refractivity contribution in [3.05, 3.63) is 27.1 Å². The Kier molecular flexibility index (Phi) is 3.66. The van der Waals surface area contributed by atoms with Gasteiger partial charge in [-0.15, -0.1) is 0 Å². The van der Waals surface area contributed by atoms with Crippen molar-refractivity contribution in [1.29, 1.82) is 0 Å². The zero-order valence-electron chi connectivity index (χ0n) is 9.20. The number of ether oxygens (including phenoxy) is 1. The van der Waals surface area contributed by atoms with Crippen LogP contribution in [0.2, 0.25) is 0 Å². The van der Waals surface area contributed by atoms with Crippen LogP contribution < -0.4 is 15.6 Å². The fraction of sp³-hybridized carbons (Fsp3) is 0.545. The molecule has 0 unspecified atom stereocenters. The Hall–Kier alpha value is -0.810. The fourth-order valence-electron chi connectivity index (χ4n) is 1.76. The first-order valence-electron chi connectivity index (χ1n) is 5.40. The Morgan fingerprint density at radius 1 is 1.50 bits per heavy atom. The topological polar surface area (TPSA) is 43.3 Å². The molecule has 16 heavy (non-hydrogen) atoms. The SMILES string of the molecule is Cn1cc(Br)c(OC2CCNCC2)cc1=O.